The van der Waals surface area contributed by atoms with E-state index in [1.165, 1.54) is 17.0 Å². The molecule has 2 aliphatic heterocycles. The topological polar surface area (TPSA) is 32.8 Å². The number of likely N-dealkylation sites (tertiary alicyclic amines) is 1. The SMILES string of the molecule is CCN(C(=O)Cc1ccc(SC)cc1)C1CCN(CCC(c2cc(F)cc(F)c2)C2CC(C)OC(C)C2)CC1. The highest BCUT2D eigenvalue weighted by atomic mass is 32.2. The molecule has 2 heterocycles. The van der Waals surface area contributed by atoms with Crippen LogP contribution in [-0.2, 0) is 16.0 Å². The molecular formula is C32H44F2N2O2S. The fourth-order valence-corrected chi connectivity index (χ4v) is 7.09. The molecule has 0 aliphatic carbocycles. The van der Waals surface area contributed by atoms with Gasteiger partial charge < -0.3 is 14.5 Å². The number of thioether (sulfide) groups is 1. The standard InChI is InChI=1S/C32H44F2N2O2S/c1-5-36(32(37)18-24-6-8-30(39-4)9-7-24)29-10-13-35(14-11-29)15-12-31(25-16-22(2)38-23(3)17-25)26-19-27(33)21-28(34)20-26/h6-9,19-23,25,29,31H,5,10-18H2,1-4H3. The van der Waals surface area contributed by atoms with Crippen molar-refractivity contribution in [2.45, 2.75) is 88.4 Å². The van der Waals surface area contributed by atoms with Gasteiger partial charge >= 0.3 is 0 Å². The van der Waals surface area contributed by atoms with Crippen molar-refractivity contribution in [3.63, 3.8) is 0 Å². The zero-order valence-corrected chi connectivity index (χ0v) is 24.7. The number of likely N-dealkylation sites (N-methyl/N-ethyl adjacent to an activating group) is 1. The average Bonchev–Trinajstić information content (AvgIpc) is 2.89. The van der Waals surface area contributed by atoms with E-state index in [-0.39, 0.29) is 30.1 Å². The third-order valence-corrected chi connectivity index (χ3v) is 9.29. The van der Waals surface area contributed by atoms with E-state index in [9.17, 15) is 13.6 Å². The summed E-state index contributed by atoms with van der Waals surface area (Å²) in [5, 5.41) is 0. The van der Waals surface area contributed by atoms with Crippen molar-refractivity contribution < 1.29 is 18.3 Å². The van der Waals surface area contributed by atoms with Gasteiger partial charge in [0.05, 0.1) is 18.6 Å². The van der Waals surface area contributed by atoms with Crippen molar-refractivity contribution in [3.8, 4) is 0 Å². The lowest BCUT2D eigenvalue weighted by atomic mass is 9.76. The molecule has 39 heavy (non-hydrogen) atoms. The van der Waals surface area contributed by atoms with Gasteiger partial charge in [-0.05, 0) is 113 Å². The maximum Gasteiger partial charge on any atom is 0.227 e. The van der Waals surface area contributed by atoms with Crippen molar-refractivity contribution >= 4 is 17.7 Å². The second kappa shape index (κ2) is 14.1. The lowest BCUT2D eigenvalue weighted by Gasteiger charge is -2.40. The Bertz CT molecular complexity index is 1040. The minimum Gasteiger partial charge on any atom is -0.376 e. The summed E-state index contributed by atoms with van der Waals surface area (Å²) < 4.78 is 34.3. The molecule has 4 rings (SSSR count). The van der Waals surface area contributed by atoms with Gasteiger partial charge in [0.2, 0.25) is 5.91 Å². The molecule has 3 atom stereocenters. The Balaban J connectivity index is 1.34. The summed E-state index contributed by atoms with van der Waals surface area (Å²) in [6.45, 7) is 9.73. The Morgan fingerprint density at radius 3 is 2.23 bits per heavy atom. The lowest BCUT2D eigenvalue weighted by molar-refractivity contribution is -0.133. The van der Waals surface area contributed by atoms with Crippen LogP contribution < -0.4 is 0 Å². The Kier molecular flexibility index (Phi) is 10.8. The lowest BCUT2D eigenvalue weighted by Crippen LogP contribution is -2.48. The number of amides is 1. The normalized spacial score (nSPS) is 23.5. The highest BCUT2D eigenvalue weighted by molar-refractivity contribution is 7.98. The van der Waals surface area contributed by atoms with Crippen LogP contribution in [0, 0.1) is 17.6 Å². The van der Waals surface area contributed by atoms with Gasteiger partial charge in [0.25, 0.3) is 0 Å². The summed E-state index contributed by atoms with van der Waals surface area (Å²) in [7, 11) is 0. The molecule has 7 heteroatoms. The number of benzene rings is 2. The average molecular weight is 559 g/mol. The number of carbonyl (C=O) groups is 1. The van der Waals surface area contributed by atoms with E-state index in [4.69, 9.17) is 4.74 Å². The maximum absolute atomic E-state index is 14.2. The Morgan fingerprint density at radius 2 is 1.67 bits per heavy atom. The highest BCUT2D eigenvalue weighted by Gasteiger charge is 2.33. The predicted octanol–water partition coefficient (Wildman–Crippen LogP) is 6.92. The summed E-state index contributed by atoms with van der Waals surface area (Å²) in [6.07, 6.45) is 7.37. The first kappa shape index (κ1) is 30.0. The first-order valence-corrected chi connectivity index (χ1v) is 15.7. The van der Waals surface area contributed by atoms with E-state index >= 15 is 0 Å². The minimum absolute atomic E-state index is 0.0907. The minimum atomic E-state index is -0.506. The van der Waals surface area contributed by atoms with Gasteiger partial charge in [0, 0.05) is 36.6 Å². The van der Waals surface area contributed by atoms with Crippen LogP contribution in [-0.4, -0.2) is 66.4 Å². The van der Waals surface area contributed by atoms with Gasteiger partial charge in [-0.1, -0.05) is 12.1 Å². The first-order valence-electron chi connectivity index (χ1n) is 14.5. The molecule has 2 fully saturated rings. The van der Waals surface area contributed by atoms with Crippen molar-refractivity contribution in [2.24, 2.45) is 5.92 Å². The number of nitrogens with zero attached hydrogens (tertiary/aromatic N) is 2. The molecule has 4 nitrogen and oxygen atoms in total. The number of rotatable bonds is 10. The Labute approximate surface area is 237 Å². The number of hydrogen-bond donors (Lipinski definition) is 0. The Morgan fingerprint density at radius 1 is 1.05 bits per heavy atom. The predicted molar refractivity (Wildman–Crippen MR) is 155 cm³/mol. The van der Waals surface area contributed by atoms with Crippen molar-refractivity contribution in [1.29, 1.82) is 0 Å². The molecule has 3 unspecified atom stereocenters. The van der Waals surface area contributed by atoms with Crippen molar-refractivity contribution in [3.05, 3.63) is 65.2 Å². The number of ether oxygens (including phenoxy) is 1. The van der Waals surface area contributed by atoms with Crippen molar-refractivity contribution in [2.75, 3.05) is 32.4 Å². The van der Waals surface area contributed by atoms with Crippen molar-refractivity contribution in [1.82, 2.24) is 9.80 Å². The maximum atomic E-state index is 14.2. The van der Waals surface area contributed by atoms with E-state index in [0.29, 0.717) is 12.3 Å². The molecule has 2 saturated heterocycles. The quantitative estimate of drug-likeness (QED) is 0.297. The smallest absolute Gasteiger partial charge is 0.227 e. The van der Waals surface area contributed by atoms with E-state index in [1.54, 1.807) is 11.8 Å². The largest absolute Gasteiger partial charge is 0.376 e. The molecule has 0 bridgehead atoms. The zero-order chi connectivity index (χ0) is 27.9. The molecule has 1 amide bonds. The van der Waals surface area contributed by atoms with E-state index in [1.807, 2.05) is 0 Å². The molecule has 214 valence electrons. The van der Waals surface area contributed by atoms with Crippen LogP contribution in [0.1, 0.15) is 69.9 Å². The molecule has 0 spiro atoms. The third-order valence-electron chi connectivity index (χ3n) is 8.55. The van der Waals surface area contributed by atoms with E-state index in [0.717, 1.165) is 75.5 Å². The van der Waals surface area contributed by atoms with Crippen LogP contribution in [0.2, 0.25) is 0 Å². The molecular weight excluding hydrogens is 514 g/mol. The van der Waals surface area contributed by atoms with Gasteiger partial charge in [-0.25, -0.2) is 8.78 Å². The molecule has 0 aromatic heterocycles. The number of hydrogen-bond acceptors (Lipinski definition) is 4. The summed E-state index contributed by atoms with van der Waals surface area (Å²) in [5.41, 5.74) is 1.83. The van der Waals surface area contributed by atoms with Gasteiger partial charge in [-0.15, -0.1) is 11.8 Å². The molecule has 0 N–H and O–H groups in total. The summed E-state index contributed by atoms with van der Waals surface area (Å²) in [6, 6.07) is 12.5. The fourth-order valence-electron chi connectivity index (χ4n) is 6.68. The van der Waals surface area contributed by atoms with Crippen LogP contribution in [0.3, 0.4) is 0 Å². The number of carbonyl (C=O) groups excluding carboxylic acids is 1. The van der Waals surface area contributed by atoms with Crippen LogP contribution in [0.4, 0.5) is 8.78 Å². The fraction of sp³-hybridized carbons (Fsp3) is 0.594. The van der Waals surface area contributed by atoms with Crippen LogP contribution >= 0.6 is 11.8 Å². The molecule has 0 saturated carbocycles. The van der Waals surface area contributed by atoms with Crippen LogP contribution in [0.25, 0.3) is 0 Å². The molecule has 2 aromatic rings. The van der Waals surface area contributed by atoms with Gasteiger partial charge in [-0.2, -0.15) is 0 Å². The summed E-state index contributed by atoms with van der Waals surface area (Å²) in [4.78, 5) is 18.9. The number of piperidine rings is 1. The van der Waals surface area contributed by atoms with Gasteiger partial charge in [0.15, 0.2) is 0 Å². The molecule has 0 radical (unpaired) electrons. The summed E-state index contributed by atoms with van der Waals surface area (Å²) >= 11 is 1.70. The van der Waals surface area contributed by atoms with Crippen LogP contribution in [0.5, 0.6) is 0 Å². The van der Waals surface area contributed by atoms with Crippen LogP contribution in [0.15, 0.2) is 47.4 Å². The molecule has 2 aliphatic rings. The highest BCUT2D eigenvalue weighted by Crippen LogP contribution is 2.39. The third kappa shape index (κ3) is 8.27. The van der Waals surface area contributed by atoms with Gasteiger partial charge in [0.1, 0.15) is 11.6 Å². The second-order valence-corrected chi connectivity index (χ2v) is 12.2. The Hall–Kier alpha value is -1.96. The van der Waals surface area contributed by atoms with E-state index < -0.39 is 11.6 Å². The van der Waals surface area contributed by atoms with Gasteiger partial charge in [-0.3, -0.25) is 4.79 Å². The summed E-state index contributed by atoms with van der Waals surface area (Å²) in [5.74, 6) is -0.389. The zero-order valence-electron chi connectivity index (χ0n) is 23.9. The first-order chi connectivity index (χ1) is 18.7. The monoisotopic (exact) mass is 558 g/mol. The molecule has 2 aromatic carbocycles. The second-order valence-electron chi connectivity index (χ2n) is 11.4. The van der Waals surface area contributed by atoms with E-state index in [2.05, 4.69) is 61.1 Å². The number of halogens is 2.